The fraction of sp³-hybridized carbons (Fsp3) is 0.273. The van der Waals surface area contributed by atoms with Crippen LogP contribution in [0.15, 0.2) is 60.2 Å². The number of non-ortho nitro benzene ring substituents is 1. The van der Waals surface area contributed by atoms with Gasteiger partial charge in [0, 0.05) is 30.8 Å². The fourth-order valence-corrected chi connectivity index (χ4v) is 3.98. The number of nitrogens with zero attached hydrogens (tertiary/aromatic N) is 2. The quantitative estimate of drug-likeness (QED) is 0.267. The highest BCUT2D eigenvalue weighted by Crippen LogP contribution is 2.40. The van der Waals surface area contributed by atoms with Crippen molar-refractivity contribution in [1.82, 2.24) is 4.90 Å². The maximum atomic E-state index is 12.9. The average Bonchev–Trinajstić information content (AvgIpc) is 3.36. The number of carbonyl (C=O) groups is 2. The van der Waals surface area contributed by atoms with Gasteiger partial charge in [-0.2, -0.15) is 0 Å². The van der Waals surface area contributed by atoms with E-state index >= 15 is 0 Å². The summed E-state index contributed by atoms with van der Waals surface area (Å²) in [4.78, 5) is 37.9. The van der Waals surface area contributed by atoms with Crippen molar-refractivity contribution in [2.45, 2.75) is 25.0 Å². The zero-order valence-corrected chi connectivity index (χ0v) is 16.1. The van der Waals surface area contributed by atoms with E-state index in [-0.39, 0.29) is 29.7 Å². The number of likely N-dealkylation sites (tertiary alicyclic amines) is 1. The van der Waals surface area contributed by atoms with E-state index in [4.69, 9.17) is 4.74 Å². The van der Waals surface area contributed by atoms with Crippen molar-refractivity contribution in [1.29, 1.82) is 0 Å². The number of nitro benzene ring substituents is 1. The Morgan fingerprint density at radius 1 is 1.17 bits per heavy atom. The molecular formula is C22H20N2O6. The zero-order valence-electron chi connectivity index (χ0n) is 16.1. The Morgan fingerprint density at radius 2 is 1.93 bits per heavy atom. The lowest BCUT2D eigenvalue weighted by Gasteiger charge is -2.27. The van der Waals surface area contributed by atoms with E-state index in [1.165, 1.54) is 23.1 Å². The highest BCUT2D eigenvalue weighted by molar-refractivity contribution is 6.46. The molecule has 30 heavy (non-hydrogen) atoms. The number of rotatable bonds is 5. The molecule has 8 heteroatoms. The molecule has 2 aromatic carbocycles. The predicted molar refractivity (Wildman–Crippen MR) is 108 cm³/mol. The van der Waals surface area contributed by atoms with Gasteiger partial charge in [0.15, 0.2) is 0 Å². The summed E-state index contributed by atoms with van der Waals surface area (Å²) < 4.78 is 5.63. The summed E-state index contributed by atoms with van der Waals surface area (Å²) in [5.41, 5.74) is 0.543. The summed E-state index contributed by atoms with van der Waals surface area (Å²) >= 11 is 0. The third kappa shape index (κ3) is 3.57. The van der Waals surface area contributed by atoms with Crippen molar-refractivity contribution in [2.75, 3.05) is 13.2 Å². The van der Waals surface area contributed by atoms with Crippen molar-refractivity contribution in [3.8, 4) is 0 Å². The second kappa shape index (κ2) is 8.08. The maximum absolute atomic E-state index is 12.9. The molecule has 2 aromatic rings. The van der Waals surface area contributed by atoms with E-state index in [9.17, 15) is 24.8 Å². The number of carbonyl (C=O) groups excluding carboxylic acids is 2. The summed E-state index contributed by atoms with van der Waals surface area (Å²) in [6, 6.07) is 13.3. The van der Waals surface area contributed by atoms with Gasteiger partial charge in [0.05, 0.1) is 22.6 Å². The van der Waals surface area contributed by atoms with Crippen LogP contribution in [0.5, 0.6) is 0 Å². The smallest absolute Gasteiger partial charge is 0.295 e. The molecule has 2 unspecified atom stereocenters. The minimum absolute atomic E-state index is 0.0790. The summed E-state index contributed by atoms with van der Waals surface area (Å²) in [5, 5.41) is 22.2. The van der Waals surface area contributed by atoms with Crippen LogP contribution in [0.3, 0.4) is 0 Å². The molecule has 1 amide bonds. The first kappa shape index (κ1) is 19.8. The van der Waals surface area contributed by atoms with E-state index in [1.54, 1.807) is 36.4 Å². The molecule has 2 aliphatic rings. The van der Waals surface area contributed by atoms with Crippen LogP contribution in [0.25, 0.3) is 5.76 Å². The normalized spacial score (nSPS) is 23.1. The van der Waals surface area contributed by atoms with Crippen LogP contribution in [0.4, 0.5) is 5.69 Å². The Kier molecular flexibility index (Phi) is 5.33. The minimum Gasteiger partial charge on any atom is -0.507 e. The van der Waals surface area contributed by atoms with Gasteiger partial charge in [0.25, 0.3) is 17.4 Å². The highest BCUT2D eigenvalue weighted by atomic mass is 16.6. The van der Waals surface area contributed by atoms with Gasteiger partial charge in [0.2, 0.25) is 0 Å². The number of aliphatic hydroxyl groups is 1. The Bertz CT molecular complexity index is 1030. The number of hydrogen-bond donors (Lipinski definition) is 1. The third-order valence-corrected chi connectivity index (χ3v) is 5.41. The fourth-order valence-electron chi connectivity index (χ4n) is 3.98. The Balaban J connectivity index is 1.85. The molecule has 0 aliphatic carbocycles. The van der Waals surface area contributed by atoms with Crippen LogP contribution in [-0.4, -0.2) is 45.9 Å². The predicted octanol–water partition coefficient (Wildman–Crippen LogP) is 3.20. The van der Waals surface area contributed by atoms with Crippen molar-refractivity contribution in [3.63, 3.8) is 0 Å². The van der Waals surface area contributed by atoms with Gasteiger partial charge in [0.1, 0.15) is 5.76 Å². The SMILES string of the molecule is O=C1C(=O)N(CC2CCCO2)C(c2cccc([N+](=O)[O-])c2)C1=C(O)c1ccccc1. The van der Waals surface area contributed by atoms with Gasteiger partial charge in [-0.15, -0.1) is 0 Å². The van der Waals surface area contributed by atoms with E-state index < -0.39 is 22.7 Å². The van der Waals surface area contributed by atoms with Crippen LogP contribution in [0.2, 0.25) is 0 Å². The Labute approximate surface area is 172 Å². The number of benzene rings is 2. The molecule has 2 atom stereocenters. The van der Waals surface area contributed by atoms with Gasteiger partial charge in [-0.1, -0.05) is 42.5 Å². The van der Waals surface area contributed by atoms with Gasteiger partial charge in [-0.25, -0.2) is 0 Å². The first-order chi connectivity index (χ1) is 14.5. The molecular weight excluding hydrogens is 388 g/mol. The number of nitro groups is 1. The zero-order chi connectivity index (χ0) is 21.3. The second-order valence-electron chi connectivity index (χ2n) is 7.30. The van der Waals surface area contributed by atoms with Gasteiger partial charge < -0.3 is 14.7 Å². The van der Waals surface area contributed by atoms with Crippen LogP contribution in [0.1, 0.15) is 30.0 Å². The maximum Gasteiger partial charge on any atom is 0.295 e. The van der Waals surface area contributed by atoms with Crippen molar-refractivity contribution in [3.05, 3.63) is 81.4 Å². The molecule has 0 radical (unpaired) electrons. The largest absolute Gasteiger partial charge is 0.507 e. The summed E-state index contributed by atoms with van der Waals surface area (Å²) in [6.45, 7) is 0.754. The molecule has 4 rings (SSSR count). The molecule has 2 aliphatic heterocycles. The van der Waals surface area contributed by atoms with Gasteiger partial charge in [-0.05, 0) is 18.4 Å². The van der Waals surface area contributed by atoms with E-state index in [0.717, 1.165) is 12.8 Å². The molecule has 0 saturated carbocycles. The van der Waals surface area contributed by atoms with Crippen molar-refractivity contribution < 1.29 is 24.4 Å². The number of amides is 1. The molecule has 1 N–H and O–H groups in total. The molecule has 8 nitrogen and oxygen atoms in total. The summed E-state index contributed by atoms with van der Waals surface area (Å²) in [6.07, 6.45) is 1.39. The minimum atomic E-state index is -0.936. The van der Waals surface area contributed by atoms with Gasteiger partial charge in [-0.3, -0.25) is 19.7 Å². The molecule has 0 spiro atoms. The van der Waals surface area contributed by atoms with E-state index in [1.807, 2.05) is 0 Å². The van der Waals surface area contributed by atoms with E-state index in [2.05, 4.69) is 0 Å². The molecule has 2 saturated heterocycles. The Hall–Kier alpha value is -3.52. The summed E-state index contributed by atoms with van der Waals surface area (Å²) in [5.74, 6) is -1.87. The standard InChI is InChI=1S/C22H20N2O6/c25-20(14-6-2-1-3-7-14)18-19(15-8-4-9-16(12-15)24(28)29)23(22(27)21(18)26)13-17-10-5-11-30-17/h1-4,6-9,12,17,19,25H,5,10-11,13H2. The second-order valence-corrected chi connectivity index (χ2v) is 7.30. The first-order valence-corrected chi connectivity index (χ1v) is 9.67. The molecule has 154 valence electrons. The Morgan fingerprint density at radius 3 is 2.60 bits per heavy atom. The lowest BCUT2D eigenvalue weighted by atomic mass is 9.95. The lowest BCUT2D eigenvalue weighted by molar-refractivity contribution is -0.384. The van der Waals surface area contributed by atoms with Gasteiger partial charge >= 0.3 is 0 Å². The number of aliphatic hydroxyl groups excluding tert-OH is 1. The number of ether oxygens (including phenoxy) is 1. The number of hydrogen-bond acceptors (Lipinski definition) is 6. The van der Waals surface area contributed by atoms with Crippen molar-refractivity contribution >= 4 is 23.1 Å². The topological polar surface area (TPSA) is 110 Å². The average molecular weight is 408 g/mol. The van der Waals surface area contributed by atoms with Crippen LogP contribution >= 0.6 is 0 Å². The van der Waals surface area contributed by atoms with Crippen LogP contribution in [-0.2, 0) is 14.3 Å². The van der Waals surface area contributed by atoms with Crippen LogP contribution in [0, 0.1) is 10.1 Å². The molecule has 2 heterocycles. The monoisotopic (exact) mass is 408 g/mol. The van der Waals surface area contributed by atoms with E-state index in [0.29, 0.717) is 17.7 Å². The molecule has 2 fully saturated rings. The molecule has 0 aromatic heterocycles. The molecule has 0 bridgehead atoms. The number of Topliss-reactive ketones (excluding diaryl/α,β-unsaturated/α-hetero) is 1. The van der Waals surface area contributed by atoms with Crippen LogP contribution < -0.4 is 0 Å². The first-order valence-electron chi connectivity index (χ1n) is 9.67. The van der Waals surface area contributed by atoms with Crippen molar-refractivity contribution in [2.24, 2.45) is 0 Å². The third-order valence-electron chi connectivity index (χ3n) is 5.41. The highest BCUT2D eigenvalue weighted by Gasteiger charge is 2.47. The summed E-state index contributed by atoms with van der Waals surface area (Å²) in [7, 11) is 0. The lowest BCUT2D eigenvalue weighted by Crippen LogP contribution is -2.36. The number of ketones is 1.